The minimum atomic E-state index is -4.60. The molecule has 0 radical (unpaired) electrons. The summed E-state index contributed by atoms with van der Waals surface area (Å²) in [6.07, 6.45) is -3.23. The van der Waals surface area contributed by atoms with Crippen molar-refractivity contribution in [2.75, 3.05) is 25.0 Å². The number of hydrogen-bond acceptors (Lipinski definition) is 6. The Labute approximate surface area is 128 Å². The summed E-state index contributed by atoms with van der Waals surface area (Å²) in [6.45, 7) is -1.54. The monoisotopic (exact) mass is 355 g/mol. The van der Waals surface area contributed by atoms with Gasteiger partial charge in [-0.15, -0.1) is 11.3 Å². The van der Waals surface area contributed by atoms with Crippen LogP contribution in [0.3, 0.4) is 0 Å². The van der Waals surface area contributed by atoms with E-state index < -0.39 is 22.9 Å². The summed E-state index contributed by atoms with van der Waals surface area (Å²) in [5.41, 5.74) is 0.759. The zero-order valence-electron chi connectivity index (χ0n) is 11.0. The van der Waals surface area contributed by atoms with Gasteiger partial charge in [0.2, 0.25) is 0 Å². The highest BCUT2D eigenvalue weighted by Crippen LogP contribution is 2.24. The maximum absolute atomic E-state index is 11.9. The molecule has 0 amide bonds. The second-order valence-electron chi connectivity index (χ2n) is 4.12. The van der Waals surface area contributed by atoms with Gasteiger partial charge in [-0.05, 0) is 11.4 Å². The fraction of sp³-hybridized carbons (Fsp3) is 0.400. The van der Waals surface area contributed by atoms with Crippen LogP contribution in [-0.4, -0.2) is 44.2 Å². The second-order valence-corrected chi connectivity index (χ2v) is 6.62. The molecule has 0 bridgehead atoms. The molecular weight excluding hydrogens is 343 g/mol. The Morgan fingerprint density at radius 3 is 2.68 bits per heavy atom. The van der Waals surface area contributed by atoms with E-state index in [2.05, 4.69) is 15.3 Å². The molecule has 0 saturated carbocycles. The van der Waals surface area contributed by atoms with Crippen LogP contribution in [0.1, 0.15) is 0 Å². The van der Waals surface area contributed by atoms with Crippen molar-refractivity contribution in [3.63, 3.8) is 0 Å². The quantitative estimate of drug-likeness (QED) is 0.646. The molecule has 0 aromatic carbocycles. The lowest BCUT2D eigenvalue weighted by atomic mass is 10.4. The van der Waals surface area contributed by atoms with Crippen molar-refractivity contribution in [1.82, 2.24) is 19.4 Å². The van der Waals surface area contributed by atoms with E-state index in [0.29, 0.717) is 5.82 Å². The van der Waals surface area contributed by atoms with Crippen molar-refractivity contribution >= 4 is 37.6 Å². The number of hydrogen-bond donors (Lipinski definition) is 3. The molecule has 12 heteroatoms. The van der Waals surface area contributed by atoms with Crippen LogP contribution >= 0.6 is 11.3 Å². The van der Waals surface area contributed by atoms with Crippen molar-refractivity contribution in [2.24, 2.45) is 0 Å². The Morgan fingerprint density at radius 1 is 1.18 bits per heavy atom. The number of rotatable bonds is 7. The number of alkyl halides is 3. The van der Waals surface area contributed by atoms with Crippen molar-refractivity contribution in [1.29, 1.82) is 0 Å². The van der Waals surface area contributed by atoms with Gasteiger partial charge in [0, 0.05) is 13.1 Å². The van der Waals surface area contributed by atoms with E-state index in [1.165, 1.54) is 22.4 Å². The maximum Gasteiger partial charge on any atom is 0.402 e. The van der Waals surface area contributed by atoms with Crippen LogP contribution in [0, 0.1) is 0 Å². The van der Waals surface area contributed by atoms with Crippen molar-refractivity contribution in [3.8, 4) is 0 Å². The summed E-state index contributed by atoms with van der Waals surface area (Å²) in [4.78, 5) is 8.08. The topological polar surface area (TPSA) is 96.0 Å². The fourth-order valence-electron chi connectivity index (χ4n) is 1.51. The van der Waals surface area contributed by atoms with Crippen molar-refractivity contribution in [2.45, 2.75) is 6.18 Å². The number of halogens is 3. The standard InChI is InChI=1S/C10H12F3N5O2S2/c11-10(12,13)5-18-22(19,20)17-3-2-14-9-8-7(1-4-21-8)15-6-16-9/h1,4,6,17-18H,2-3,5H2,(H,14,15,16). The molecule has 0 spiro atoms. The van der Waals surface area contributed by atoms with Crippen LogP contribution < -0.4 is 14.8 Å². The zero-order valence-corrected chi connectivity index (χ0v) is 12.6. The van der Waals surface area contributed by atoms with Crippen LogP contribution in [0.15, 0.2) is 17.8 Å². The third-order valence-corrected chi connectivity index (χ3v) is 4.43. The molecule has 0 aliphatic heterocycles. The van der Waals surface area contributed by atoms with Gasteiger partial charge in [0.25, 0.3) is 10.2 Å². The first kappa shape index (κ1) is 16.9. The second kappa shape index (κ2) is 6.73. The average Bonchev–Trinajstić information content (AvgIpc) is 2.90. The first-order valence-corrected chi connectivity index (χ1v) is 8.36. The van der Waals surface area contributed by atoms with Crippen LogP contribution in [0.25, 0.3) is 10.2 Å². The number of anilines is 1. The molecule has 0 aliphatic rings. The highest BCUT2D eigenvalue weighted by atomic mass is 32.2. The molecule has 0 unspecified atom stereocenters. The lowest BCUT2D eigenvalue weighted by Gasteiger charge is -2.11. The van der Waals surface area contributed by atoms with Crippen molar-refractivity contribution in [3.05, 3.63) is 17.8 Å². The highest BCUT2D eigenvalue weighted by Gasteiger charge is 2.29. The number of thiophene rings is 1. The molecule has 0 fully saturated rings. The third kappa shape index (κ3) is 5.05. The molecule has 0 atom stereocenters. The zero-order chi connectivity index (χ0) is 16.2. The van der Waals surface area contributed by atoms with Gasteiger partial charge in [-0.25, -0.2) is 14.7 Å². The first-order chi connectivity index (χ1) is 10.3. The Balaban J connectivity index is 1.81. The highest BCUT2D eigenvalue weighted by molar-refractivity contribution is 7.87. The van der Waals surface area contributed by atoms with Gasteiger partial charge >= 0.3 is 6.18 Å². The van der Waals surface area contributed by atoms with E-state index in [9.17, 15) is 21.6 Å². The number of aromatic nitrogens is 2. The smallest absolute Gasteiger partial charge is 0.367 e. The summed E-state index contributed by atoms with van der Waals surface area (Å²) in [6, 6.07) is 1.82. The van der Waals surface area contributed by atoms with Gasteiger partial charge in [-0.2, -0.15) is 26.3 Å². The molecule has 122 valence electrons. The molecule has 0 aliphatic carbocycles. The summed E-state index contributed by atoms with van der Waals surface area (Å²) >= 11 is 1.42. The third-order valence-electron chi connectivity index (χ3n) is 2.42. The van der Waals surface area contributed by atoms with Crippen LogP contribution in [0.5, 0.6) is 0 Å². The molecule has 2 heterocycles. The Hall–Kier alpha value is -1.50. The normalized spacial score (nSPS) is 12.7. The predicted octanol–water partition coefficient (Wildman–Crippen LogP) is 1.09. The van der Waals surface area contributed by atoms with Crippen LogP contribution in [0.2, 0.25) is 0 Å². The van der Waals surface area contributed by atoms with Gasteiger partial charge < -0.3 is 5.32 Å². The molecule has 2 aromatic heterocycles. The molecule has 2 aromatic rings. The Kier molecular flexibility index (Phi) is 5.16. The minimum Gasteiger partial charge on any atom is -0.367 e. The van der Waals surface area contributed by atoms with Gasteiger partial charge in [-0.3, -0.25) is 0 Å². The van der Waals surface area contributed by atoms with Crippen molar-refractivity contribution < 1.29 is 21.6 Å². The van der Waals surface area contributed by atoms with Crippen LogP contribution in [-0.2, 0) is 10.2 Å². The minimum absolute atomic E-state index is 0.0932. The lowest BCUT2D eigenvalue weighted by molar-refractivity contribution is -0.121. The summed E-state index contributed by atoms with van der Waals surface area (Å²) < 4.78 is 62.6. The summed E-state index contributed by atoms with van der Waals surface area (Å²) in [5, 5.41) is 4.74. The Morgan fingerprint density at radius 2 is 1.95 bits per heavy atom. The average molecular weight is 355 g/mol. The van der Waals surface area contributed by atoms with E-state index in [-0.39, 0.29) is 13.1 Å². The largest absolute Gasteiger partial charge is 0.402 e. The molecule has 2 rings (SSSR count). The van der Waals surface area contributed by atoms with E-state index in [1.807, 2.05) is 16.2 Å². The van der Waals surface area contributed by atoms with Gasteiger partial charge in [0.1, 0.15) is 18.7 Å². The van der Waals surface area contributed by atoms with E-state index in [4.69, 9.17) is 0 Å². The molecule has 7 nitrogen and oxygen atoms in total. The van der Waals surface area contributed by atoms with Gasteiger partial charge in [-0.1, -0.05) is 0 Å². The summed E-state index contributed by atoms with van der Waals surface area (Å²) in [7, 11) is -4.19. The van der Waals surface area contributed by atoms with E-state index in [0.717, 1.165) is 10.2 Å². The maximum atomic E-state index is 11.9. The SMILES string of the molecule is O=S(=O)(NCCNc1ncnc2ccsc12)NCC(F)(F)F. The number of fused-ring (bicyclic) bond motifs is 1. The summed E-state index contributed by atoms with van der Waals surface area (Å²) in [5.74, 6) is 0.544. The van der Waals surface area contributed by atoms with E-state index >= 15 is 0 Å². The van der Waals surface area contributed by atoms with Gasteiger partial charge in [0.15, 0.2) is 0 Å². The first-order valence-electron chi connectivity index (χ1n) is 6.00. The predicted molar refractivity (Wildman–Crippen MR) is 76.9 cm³/mol. The molecule has 22 heavy (non-hydrogen) atoms. The van der Waals surface area contributed by atoms with Gasteiger partial charge in [0.05, 0.1) is 10.2 Å². The Bertz CT molecular complexity index is 731. The molecule has 3 N–H and O–H groups in total. The lowest BCUT2D eigenvalue weighted by Crippen LogP contribution is -2.42. The fourth-order valence-corrected chi connectivity index (χ4v) is 3.15. The number of nitrogens with one attached hydrogen (secondary N) is 3. The van der Waals surface area contributed by atoms with Crippen LogP contribution in [0.4, 0.5) is 19.0 Å². The molecular formula is C10H12F3N5O2S2. The number of nitrogens with zero attached hydrogens (tertiary/aromatic N) is 2. The van der Waals surface area contributed by atoms with E-state index in [1.54, 1.807) is 0 Å². The molecule has 0 saturated heterocycles.